The van der Waals surface area contributed by atoms with Crippen LogP contribution < -0.4 is 15.4 Å². The fourth-order valence-electron chi connectivity index (χ4n) is 3.47. The Kier molecular flexibility index (Phi) is 6.86. The van der Waals surface area contributed by atoms with Crippen molar-refractivity contribution >= 4 is 17.5 Å². The van der Waals surface area contributed by atoms with Gasteiger partial charge in [-0.1, -0.05) is 32.0 Å². The minimum absolute atomic E-state index is 0.0853. The molecule has 0 spiro atoms. The van der Waals surface area contributed by atoms with Crippen LogP contribution in [-0.4, -0.2) is 24.0 Å². The van der Waals surface area contributed by atoms with Gasteiger partial charge in [-0.05, 0) is 55.9 Å². The number of anilines is 1. The number of hydrogen-bond donors (Lipinski definition) is 2. The summed E-state index contributed by atoms with van der Waals surface area (Å²) in [5.74, 6) is -1.06. The topological polar surface area (TPSA) is 67.4 Å². The number of carbonyl (C=O) groups excluding carboxylic acids is 2. The van der Waals surface area contributed by atoms with Crippen molar-refractivity contribution < 1.29 is 18.7 Å². The maximum absolute atomic E-state index is 13.9. The average Bonchev–Trinajstić information content (AvgIpc) is 3.19. The van der Waals surface area contributed by atoms with Gasteiger partial charge in [0.15, 0.2) is 0 Å². The molecule has 5 nitrogen and oxygen atoms in total. The molecule has 1 saturated carbocycles. The number of hydrogen-bond acceptors (Lipinski definition) is 3. The molecule has 6 heteroatoms. The summed E-state index contributed by atoms with van der Waals surface area (Å²) in [5, 5.41) is 5.48. The normalized spacial score (nSPS) is 15.2. The predicted molar refractivity (Wildman–Crippen MR) is 110 cm³/mol. The lowest BCUT2D eigenvalue weighted by molar-refractivity contribution is -0.118. The number of rotatable bonds is 7. The van der Waals surface area contributed by atoms with Gasteiger partial charge in [0.05, 0.1) is 11.7 Å². The third-order valence-corrected chi connectivity index (χ3v) is 5.06. The highest BCUT2D eigenvalue weighted by atomic mass is 19.1. The van der Waals surface area contributed by atoms with Crippen molar-refractivity contribution in [1.29, 1.82) is 0 Å². The van der Waals surface area contributed by atoms with Gasteiger partial charge in [0.25, 0.3) is 5.91 Å². The van der Waals surface area contributed by atoms with Gasteiger partial charge < -0.3 is 15.4 Å². The van der Waals surface area contributed by atoms with Crippen molar-refractivity contribution in [1.82, 2.24) is 5.32 Å². The molecule has 154 valence electrons. The van der Waals surface area contributed by atoms with Crippen molar-refractivity contribution in [3.63, 3.8) is 0 Å². The van der Waals surface area contributed by atoms with Gasteiger partial charge in [-0.2, -0.15) is 0 Å². The van der Waals surface area contributed by atoms with Crippen molar-refractivity contribution in [3.8, 4) is 5.75 Å². The van der Waals surface area contributed by atoms with Gasteiger partial charge >= 0.3 is 0 Å². The Labute approximate surface area is 170 Å². The molecule has 1 fully saturated rings. The molecule has 1 atom stereocenters. The largest absolute Gasteiger partial charge is 0.490 e. The van der Waals surface area contributed by atoms with Crippen LogP contribution in [0.1, 0.15) is 49.9 Å². The Morgan fingerprint density at radius 1 is 1.07 bits per heavy atom. The molecule has 0 aliphatic heterocycles. The Morgan fingerprint density at radius 2 is 1.79 bits per heavy atom. The number of amides is 2. The molecule has 0 aromatic heterocycles. The fourth-order valence-corrected chi connectivity index (χ4v) is 3.47. The highest BCUT2D eigenvalue weighted by Crippen LogP contribution is 2.26. The summed E-state index contributed by atoms with van der Waals surface area (Å²) >= 11 is 0. The number of benzene rings is 2. The summed E-state index contributed by atoms with van der Waals surface area (Å²) in [6, 6.07) is 12.1. The molecule has 2 N–H and O–H groups in total. The van der Waals surface area contributed by atoms with E-state index in [0.717, 1.165) is 12.8 Å². The number of nitrogens with one attached hydrogen (secondary N) is 2. The van der Waals surface area contributed by atoms with E-state index in [0.29, 0.717) is 11.4 Å². The van der Waals surface area contributed by atoms with E-state index in [1.807, 2.05) is 26.0 Å². The molecule has 29 heavy (non-hydrogen) atoms. The monoisotopic (exact) mass is 398 g/mol. The Bertz CT molecular complexity index is 863. The van der Waals surface area contributed by atoms with Gasteiger partial charge in [-0.3, -0.25) is 9.59 Å². The van der Waals surface area contributed by atoms with Gasteiger partial charge in [0.2, 0.25) is 5.91 Å². The number of halogens is 1. The lowest BCUT2D eigenvalue weighted by atomic mass is 10.0. The smallest absolute Gasteiger partial charge is 0.254 e. The summed E-state index contributed by atoms with van der Waals surface area (Å²) in [5.41, 5.74) is 0.509. The molecule has 0 radical (unpaired) electrons. The van der Waals surface area contributed by atoms with Crippen molar-refractivity contribution in [3.05, 3.63) is 59.9 Å². The summed E-state index contributed by atoms with van der Waals surface area (Å²) in [6.07, 6.45) is 4.68. The quantitative estimate of drug-likeness (QED) is 0.720. The van der Waals surface area contributed by atoms with Crippen LogP contribution in [-0.2, 0) is 4.79 Å². The van der Waals surface area contributed by atoms with Crippen LogP contribution in [0.2, 0.25) is 0 Å². The standard InChI is InChI=1S/C23H27FN2O3/c1-15(2)21(26-22(27)19-12-5-6-13-20(19)24)23(28)25-16-8-7-11-18(14-16)29-17-9-3-4-10-17/h5-8,11-15,17,21H,3-4,9-10H2,1-2H3,(H,25,28)(H,26,27). The first kappa shape index (κ1) is 20.8. The summed E-state index contributed by atoms with van der Waals surface area (Å²) < 4.78 is 19.9. The van der Waals surface area contributed by atoms with E-state index in [2.05, 4.69) is 10.6 Å². The van der Waals surface area contributed by atoms with Crippen molar-refractivity contribution in [2.75, 3.05) is 5.32 Å². The number of ether oxygens (including phenoxy) is 1. The molecular weight excluding hydrogens is 371 g/mol. The van der Waals surface area contributed by atoms with Crippen LogP contribution in [0.25, 0.3) is 0 Å². The average molecular weight is 398 g/mol. The van der Waals surface area contributed by atoms with Crippen molar-refractivity contribution in [2.45, 2.75) is 51.7 Å². The first-order chi connectivity index (χ1) is 13.9. The van der Waals surface area contributed by atoms with E-state index in [4.69, 9.17) is 4.74 Å². The minimum atomic E-state index is -0.804. The molecule has 2 aromatic carbocycles. The molecule has 0 bridgehead atoms. The van der Waals surface area contributed by atoms with Crippen LogP contribution in [0.3, 0.4) is 0 Å². The maximum Gasteiger partial charge on any atom is 0.254 e. The SMILES string of the molecule is CC(C)C(NC(=O)c1ccccc1F)C(=O)Nc1cccc(OC2CCCC2)c1. The van der Waals surface area contributed by atoms with Crippen LogP contribution in [0.5, 0.6) is 5.75 Å². The fraction of sp³-hybridized carbons (Fsp3) is 0.391. The molecule has 3 rings (SSSR count). The third kappa shape index (κ3) is 5.56. The highest BCUT2D eigenvalue weighted by Gasteiger charge is 2.26. The molecular formula is C23H27FN2O3. The van der Waals surface area contributed by atoms with E-state index in [1.54, 1.807) is 18.2 Å². The Balaban J connectivity index is 1.66. The summed E-state index contributed by atoms with van der Waals surface area (Å²) in [6.45, 7) is 3.65. The lowest BCUT2D eigenvalue weighted by Crippen LogP contribution is -2.47. The first-order valence-electron chi connectivity index (χ1n) is 10.1. The highest BCUT2D eigenvalue weighted by molar-refractivity contribution is 6.01. The summed E-state index contributed by atoms with van der Waals surface area (Å²) in [4.78, 5) is 25.2. The molecule has 1 aliphatic carbocycles. The molecule has 1 aliphatic rings. The van der Waals surface area contributed by atoms with Crippen LogP contribution in [0.4, 0.5) is 10.1 Å². The van der Waals surface area contributed by atoms with Crippen LogP contribution in [0.15, 0.2) is 48.5 Å². The first-order valence-corrected chi connectivity index (χ1v) is 10.1. The molecule has 0 heterocycles. The minimum Gasteiger partial charge on any atom is -0.490 e. The maximum atomic E-state index is 13.9. The Hall–Kier alpha value is -2.89. The molecule has 0 saturated heterocycles. The zero-order valence-electron chi connectivity index (χ0n) is 16.8. The van der Waals surface area contributed by atoms with E-state index in [9.17, 15) is 14.0 Å². The van der Waals surface area contributed by atoms with Gasteiger partial charge in [0, 0.05) is 11.8 Å². The second kappa shape index (κ2) is 9.54. The Morgan fingerprint density at radius 3 is 2.48 bits per heavy atom. The van der Waals surface area contributed by atoms with E-state index in [-0.39, 0.29) is 23.5 Å². The zero-order valence-corrected chi connectivity index (χ0v) is 16.8. The van der Waals surface area contributed by atoms with Gasteiger partial charge in [-0.25, -0.2) is 4.39 Å². The van der Waals surface area contributed by atoms with Crippen molar-refractivity contribution in [2.24, 2.45) is 5.92 Å². The van der Waals surface area contributed by atoms with Gasteiger partial charge in [-0.15, -0.1) is 0 Å². The second-order valence-electron chi connectivity index (χ2n) is 7.72. The predicted octanol–water partition coefficient (Wildman–Crippen LogP) is 4.54. The molecule has 1 unspecified atom stereocenters. The number of carbonyl (C=O) groups is 2. The summed E-state index contributed by atoms with van der Waals surface area (Å²) in [7, 11) is 0. The van der Waals surface area contributed by atoms with E-state index in [1.165, 1.54) is 31.0 Å². The zero-order chi connectivity index (χ0) is 20.8. The molecule has 2 amide bonds. The second-order valence-corrected chi connectivity index (χ2v) is 7.72. The van der Waals surface area contributed by atoms with Crippen LogP contribution >= 0.6 is 0 Å². The van der Waals surface area contributed by atoms with E-state index >= 15 is 0 Å². The van der Waals surface area contributed by atoms with Crippen LogP contribution in [0, 0.1) is 11.7 Å². The van der Waals surface area contributed by atoms with Gasteiger partial charge in [0.1, 0.15) is 17.6 Å². The lowest BCUT2D eigenvalue weighted by Gasteiger charge is -2.22. The van der Waals surface area contributed by atoms with E-state index < -0.39 is 17.8 Å². The molecule has 2 aromatic rings. The third-order valence-electron chi connectivity index (χ3n) is 5.06.